The van der Waals surface area contributed by atoms with Gasteiger partial charge in [0.1, 0.15) is 16.6 Å². The number of allylic oxidation sites excluding steroid dienone is 1. The number of nitriles is 1. The first-order valence-electron chi connectivity index (χ1n) is 12.2. The summed E-state index contributed by atoms with van der Waals surface area (Å²) >= 11 is 1.38. The predicted octanol–water partition coefficient (Wildman–Crippen LogP) is 6.66. The van der Waals surface area contributed by atoms with Crippen LogP contribution in [0.5, 0.6) is 0 Å². The topological polar surface area (TPSA) is 121 Å². The molecule has 0 spiro atoms. The zero-order chi connectivity index (χ0) is 28.1. The Balaban J connectivity index is 1.27. The van der Waals surface area contributed by atoms with Crippen molar-refractivity contribution in [3.8, 4) is 28.5 Å². The Morgan fingerprint density at radius 3 is 2.12 bits per heavy atom. The number of benzene rings is 3. The van der Waals surface area contributed by atoms with Crippen LogP contribution in [0.25, 0.3) is 28.0 Å². The van der Waals surface area contributed by atoms with E-state index in [1.165, 1.54) is 23.5 Å². The third-order valence-electron chi connectivity index (χ3n) is 5.90. The van der Waals surface area contributed by atoms with Gasteiger partial charge in [-0.2, -0.15) is 5.26 Å². The molecular weight excluding hydrogens is 541 g/mol. The quantitative estimate of drug-likeness (QED) is 0.202. The number of thiazole rings is 1. The summed E-state index contributed by atoms with van der Waals surface area (Å²) in [7, 11) is -3.86. The fourth-order valence-corrected chi connectivity index (χ4v) is 5.71. The number of sulfonamides is 1. The molecule has 198 valence electrons. The van der Waals surface area contributed by atoms with Gasteiger partial charge in [0.15, 0.2) is 0 Å². The highest BCUT2D eigenvalue weighted by molar-refractivity contribution is 7.92. The summed E-state index contributed by atoms with van der Waals surface area (Å²) in [6, 6.07) is 28.4. The zero-order valence-corrected chi connectivity index (χ0v) is 23.3. The normalized spacial score (nSPS) is 11.6. The van der Waals surface area contributed by atoms with Crippen LogP contribution >= 0.6 is 11.3 Å². The molecule has 0 aliphatic heterocycles. The molecule has 5 rings (SSSR count). The Hall–Kier alpha value is -4.85. The van der Waals surface area contributed by atoms with E-state index in [9.17, 15) is 13.7 Å². The van der Waals surface area contributed by atoms with Gasteiger partial charge in [-0.3, -0.25) is 0 Å². The van der Waals surface area contributed by atoms with Crippen molar-refractivity contribution in [2.75, 3.05) is 10.0 Å². The predicted molar refractivity (Wildman–Crippen MR) is 159 cm³/mol. The Kier molecular flexibility index (Phi) is 7.68. The summed E-state index contributed by atoms with van der Waals surface area (Å²) in [5, 5.41) is 15.3. The smallest absolute Gasteiger partial charge is 0.264 e. The second-order valence-corrected chi connectivity index (χ2v) is 11.4. The van der Waals surface area contributed by atoms with Gasteiger partial charge in [-0.15, -0.1) is 11.3 Å². The number of nitrogens with zero attached hydrogens (tertiary/aromatic N) is 4. The Morgan fingerprint density at radius 1 is 0.850 bits per heavy atom. The largest absolute Gasteiger partial charge is 0.360 e. The highest BCUT2D eigenvalue weighted by atomic mass is 32.2. The minimum absolute atomic E-state index is 0.0243. The van der Waals surface area contributed by atoms with E-state index >= 15 is 0 Å². The van der Waals surface area contributed by atoms with Crippen molar-refractivity contribution in [1.82, 2.24) is 15.0 Å². The van der Waals surface area contributed by atoms with Crippen molar-refractivity contribution in [1.29, 1.82) is 5.26 Å². The molecule has 0 atom stereocenters. The Bertz CT molecular complexity index is 1800. The second-order valence-electron chi connectivity index (χ2n) is 8.90. The highest BCUT2D eigenvalue weighted by Crippen LogP contribution is 2.28. The number of hydrogen-bond acceptors (Lipinski definition) is 8. The van der Waals surface area contributed by atoms with Crippen LogP contribution in [0.2, 0.25) is 0 Å². The van der Waals surface area contributed by atoms with Gasteiger partial charge in [0, 0.05) is 34.2 Å². The highest BCUT2D eigenvalue weighted by Gasteiger charge is 2.16. The summed E-state index contributed by atoms with van der Waals surface area (Å²) in [6.45, 7) is 3.54. The number of aryl methyl sites for hydroxylation is 2. The molecule has 0 aliphatic carbocycles. The molecule has 40 heavy (non-hydrogen) atoms. The van der Waals surface area contributed by atoms with Crippen LogP contribution in [0.3, 0.4) is 0 Å². The molecule has 8 nitrogen and oxygen atoms in total. The van der Waals surface area contributed by atoms with Gasteiger partial charge in [0.25, 0.3) is 10.0 Å². The van der Waals surface area contributed by atoms with E-state index in [2.05, 4.69) is 55.3 Å². The van der Waals surface area contributed by atoms with Crippen molar-refractivity contribution < 1.29 is 8.42 Å². The fourth-order valence-electron chi connectivity index (χ4n) is 3.97. The number of aromatic nitrogens is 3. The Labute approximate surface area is 236 Å². The molecule has 0 amide bonds. The summed E-state index contributed by atoms with van der Waals surface area (Å²) in [5.41, 5.74) is 6.32. The average Bonchev–Trinajstić information content (AvgIpc) is 3.44. The van der Waals surface area contributed by atoms with E-state index in [4.69, 9.17) is 0 Å². The van der Waals surface area contributed by atoms with Crippen molar-refractivity contribution in [2.45, 2.75) is 18.7 Å². The van der Waals surface area contributed by atoms with E-state index in [0.717, 1.165) is 22.4 Å². The van der Waals surface area contributed by atoms with Crippen LogP contribution in [-0.4, -0.2) is 23.4 Å². The first kappa shape index (κ1) is 26.7. The Morgan fingerprint density at radius 2 is 1.48 bits per heavy atom. The maximum absolute atomic E-state index is 12.8. The lowest BCUT2D eigenvalue weighted by Gasteiger charge is -2.09. The van der Waals surface area contributed by atoms with Crippen LogP contribution in [0, 0.1) is 25.2 Å². The van der Waals surface area contributed by atoms with Gasteiger partial charge < -0.3 is 5.32 Å². The van der Waals surface area contributed by atoms with E-state index in [0.29, 0.717) is 27.7 Å². The molecule has 2 N–H and O–H groups in total. The lowest BCUT2D eigenvalue weighted by molar-refractivity contribution is 0.601. The molecule has 0 fully saturated rings. The number of nitrogens with one attached hydrogen (secondary N) is 2. The van der Waals surface area contributed by atoms with Crippen LogP contribution < -0.4 is 10.0 Å². The first-order chi connectivity index (χ1) is 19.3. The van der Waals surface area contributed by atoms with Crippen molar-refractivity contribution in [3.05, 3.63) is 113 Å². The maximum atomic E-state index is 12.8. The van der Waals surface area contributed by atoms with Gasteiger partial charge in [-0.25, -0.2) is 28.1 Å². The molecular formula is C30H24N6O2S2. The molecule has 0 unspecified atom stereocenters. The summed E-state index contributed by atoms with van der Waals surface area (Å²) < 4.78 is 28.0. The number of rotatable bonds is 8. The molecule has 10 heteroatoms. The lowest BCUT2D eigenvalue weighted by atomic mass is 10.0. The van der Waals surface area contributed by atoms with Gasteiger partial charge >= 0.3 is 0 Å². The molecule has 0 aliphatic rings. The molecule has 2 heterocycles. The van der Waals surface area contributed by atoms with Crippen molar-refractivity contribution in [2.24, 2.45) is 0 Å². The average molecular weight is 565 g/mol. The van der Waals surface area contributed by atoms with E-state index < -0.39 is 10.0 Å². The van der Waals surface area contributed by atoms with Crippen molar-refractivity contribution in [3.63, 3.8) is 0 Å². The molecule has 2 aromatic heterocycles. The van der Waals surface area contributed by atoms with Crippen LogP contribution in [0.1, 0.15) is 16.4 Å². The molecule has 0 bridgehead atoms. The standard InChI is InChI=1S/C30H24N6O2S2/c1-20-16-21(2)34-30(33-20)36-40(37,38)27-14-12-26(13-15-27)32-18-25(17-31)29-35-28(19-39-29)24-10-8-23(9-11-24)22-6-4-3-5-7-22/h3-16,18-19,32H,1-2H3,(H,33,34,36)/b25-18+. The SMILES string of the molecule is Cc1cc(C)nc(NS(=O)(=O)c2ccc(N/C=C(\C#N)c3nc(-c4ccc(-c5ccccc5)cc4)cs3)cc2)n1. The number of anilines is 2. The van der Waals surface area contributed by atoms with Gasteiger partial charge in [0.05, 0.1) is 10.6 Å². The van der Waals surface area contributed by atoms with Crippen LogP contribution in [0.15, 0.2) is 101 Å². The first-order valence-corrected chi connectivity index (χ1v) is 14.6. The summed E-state index contributed by atoms with van der Waals surface area (Å²) in [4.78, 5) is 13.0. The van der Waals surface area contributed by atoms with Crippen LogP contribution in [-0.2, 0) is 10.0 Å². The van der Waals surface area contributed by atoms with Gasteiger partial charge in [0.2, 0.25) is 5.95 Å². The summed E-state index contributed by atoms with van der Waals surface area (Å²) in [6.07, 6.45) is 1.56. The van der Waals surface area contributed by atoms with E-state index in [1.807, 2.05) is 35.7 Å². The second kappa shape index (κ2) is 11.5. The molecule has 0 saturated heterocycles. The monoisotopic (exact) mass is 564 g/mol. The third-order valence-corrected chi connectivity index (χ3v) is 8.12. The minimum atomic E-state index is -3.86. The zero-order valence-electron chi connectivity index (χ0n) is 21.7. The van der Waals surface area contributed by atoms with Crippen LogP contribution in [0.4, 0.5) is 11.6 Å². The fraction of sp³-hybridized carbons (Fsp3) is 0.0667. The minimum Gasteiger partial charge on any atom is -0.360 e. The lowest BCUT2D eigenvalue weighted by Crippen LogP contribution is -2.15. The molecule has 0 radical (unpaired) electrons. The summed E-state index contributed by atoms with van der Waals surface area (Å²) in [5.74, 6) is 0.0243. The van der Waals surface area contributed by atoms with Crippen molar-refractivity contribution >= 4 is 38.6 Å². The molecule has 3 aromatic carbocycles. The van der Waals surface area contributed by atoms with E-state index in [-0.39, 0.29) is 10.8 Å². The third kappa shape index (κ3) is 6.23. The molecule has 5 aromatic rings. The number of hydrogen-bond donors (Lipinski definition) is 2. The van der Waals surface area contributed by atoms with Gasteiger partial charge in [-0.05, 0) is 55.3 Å². The maximum Gasteiger partial charge on any atom is 0.264 e. The van der Waals surface area contributed by atoms with E-state index in [1.54, 1.807) is 38.2 Å². The molecule has 0 saturated carbocycles. The van der Waals surface area contributed by atoms with Gasteiger partial charge in [-0.1, -0.05) is 54.6 Å².